The topological polar surface area (TPSA) is 73.6 Å². The molecule has 0 fully saturated rings. The summed E-state index contributed by atoms with van der Waals surface area (Å²) in [4.78, 5) is 12.1. The number of nitrogen functional groups attached to an aromatic ring is 1. The lowest BCUT2D eigenvalue weighted by Crippen LogP contribution is -2.34. The van der Waals surface area contributed by atoms with Crippen LogP contribution in [0.5, 0.6) is 0 Å². The Balaban J connectivity index is 2.19. The first-order chi connectivity index (χ1) is 9.65. The molecule has 0 aliphatic rings. The summed E-state index contributed by atoms with van der Waals surface area (Å²) >= 11 is 0. The molecule has 20 heavy (non-hydrogen) atoms. The average molecular weight is 274 g/mol. The molecule has 0 aromatic heterocycles. The van der Waals surface area contributed by atoms with Gasteiger partial charge in [-0.05, 0) is 22.9 Å². The van der Waals surface area contributed by atoms with E-state index in [1.807, 2.05) is 24.3 Å². The van der Waals surface area contributed by atoms with E-state index in [0.29, 0.717) is 11.3 Å². The molecular formula is C15H18N2O3. The number of carbonyl (C=O) groups is 1. The second-order valence-electron chi connectivity index (χ2n) is 4.40. The Morgan fingerprint density at radius 1 is 1.20 bits per heavy atom. The average Bonchev–Trinajstić information content (AvgIpc) is 2.47. The summed E-state index contributed by atoms with van der Waals surface area (Å²) in [5.41, 5.74) is 6.84. The largest absolute Gasteiger partial charge is 0.398 e. The van der Waals surface area contributed by atoms with Crippen molar-refractivity contribution in [3.8, 4) is 0 Å². The number of fused-ring (bicyclic) bond motifs is 1. The van der Waals surface area contributed by atoms with E-state index in [1.54, 1.807) is 12.1 Å². The summed E-state index contributed by atoms with van der Waals surface area (Å²) in [6, 6.07) is 11.3. The van der Waals surface area contributed by atoms with Crippen LogP contribution >= 0.6 is 0 Å². The molecule has 2 aromatic carbocycles. The summed E-state index contributed by atoms with van der Waals surface area (Å²) in [6.07, 6.45) is -0.472. The number of rotatable bonds is 5. The lowest BCUT2D eigenvalue weighted by molar-refractivity contribution is -0.0974. The molecule has 5 heteroatoms. The van der Waals surface area contributed by atoms with Crippen LogP contribution in [0.15, 0.2) is 36.4 Å². The van der Waals surface area contributed by atoms with E-state index in [9.17, 15) is 4.79 Å². The minimum atomic E-state index is -0.472. The van der Waals surface area contributed by atoms with Crippen LogP contribution in [0.2, 0.25) is 0 Å². The van der Waals surface area contributed by atoms with Crippen molar-refractivity contribution in [2.75, 3.05) is 26.5 Å². The number of ether oxygens (including phenoxy) is 2. The highest BCUT2D eigenvalue weighted by Crippen LogP contribution is 2.21. The predicted molar refractivity (Wildman–Crippen MR) is 78.5 cm³/mol. The van der Waals surface area contributed by atoms with Crippen LogP contribution in [0.1, 0.15) is 10.4 Å². The number of methoxy groups -OCH3 is 2. The fraction of sp³-hybridized carbons (Fsp3) is 0.267. The summed E-state index contributed by atoms with van der Waals surface area (Å²) in [5, 5.41) is 4.72. The lowest BCUT2D eigenvalue weighted by atomic mass is 10.0. The molecule has 0 atom stereocenters. The number of hydrogen-bond acceptors (Lipinski definition) is 4. The van der Waals surface area contributed by atoms with Gasteiger partial charge in [0.15, 0.2) is 6.29 Å². The van der Waals surface area contributed by atoms with Crippen LogP contribution in [0.4, 0.5) is 5.69 Å². The molecule has 106 valence electrons. The SMILES string of the molecule is COC(CNC(=O)c1cc2ccccc2cc1N)OC. The van der Waals surface area contributed by atoms with Crippen LogP contribution in [0, 0.1) is 0 Å². The highest BCUT2D eigenvalue weighted by molar-refractivity contribution is 6.03. The number of nitrogens with two attached hydrogens (primary N) is 1. The quantitative estimate of drug-likeness (QED) is 0.643. The smallest absolute Gasteiger partial charge is 0.253 e. The minimum absolute atomic E-state index is 0.243. The van der Waals surface area contributed by atoms with Gasteiger partial charge in [-0.25, -0.2) is 0 Å². The van der Waals surface area contributed by atoms with Gasteiger partial charge < -0.3 is 20.5 Å². The van der Waals surface area contributed by atoms with Gasteiger partial charge in [-0.3, -0.25) is 4.79 Å². The number of benzene rings is 2. The van der Waals surface area contributed by atoms with Gasteiger partial charge in [-0.1, -0.05) is 24.3 Å². The summed E-state index contributed by atoms with van der Waals surface area (Å²) in [7, 11) is 3.04. The molecule has 1 amide bonds. The Morgan fingerprint density at radius 2 is 1.80 bits per heavy atom. The maximum Gasteiger partial charge on any atom is 0.253 e. The van der Waals surface area contributed by atoms with Crippen molar-refractivity contribution in [1.82, 2.24) is 5.32 Å². The Bertz CT molecular complexity index is 609. The first kappa shape index (κ1) is 14.3. The van der Waals surface area contributed by atoms with Gasteiger partial charge in [0, 0.05) is 19.9 Å². The van der Waals surface area contributed by atoms with Crippen molar-refractivity contribution in [2.45, 2.75) is 6.29 Å². The number of nitrogens with one attached hydrogen (secondary N) is 1. The third-order valence-corrected chi connectivity index (χ3v) is 3.12. The van der Waals surface area contributed by atoms with E-state index in [0.717, 1.165) is 10.8 Å². The second kappa shape index (κ2) is 6.36. The molecular weight excluding hydrogens is 256 g/mol. The molecule has 0 bridgehead atoms. The molecule has 0 aliphatic carbocycles. The van der Waals surface area contributed by atoms with Crippen LogP contribution < -0.4 is 11.1 Å². The molecule has 0 aliphatic heterocycles. The third kappa shape index (κ3) is 3.07. The first-order valence-electron chi connectivity index (χ1n) is 6.27. The van der Waals surface area contributed by atoms with Gasteiger partial charge in [0.1, 0.15) is 0 Å². The maximum absolute atomic E-state index is 12.1. The van der Waals surface area contributed by atoms with Crippen molar-refractivity contribution in [1.29, 1.82) is 0 Å². The van der Waals surface area contributed by atoms with Gasteiger partial charge in [0.2, 0.25) is 0 Å². The van der Waals surface area contributed by atoms with E-state index < -0.39 is 6.29 Å². The zero-order chi connectivity index (χ0) is 14.5. The minimum Gasteiger partial charge on any atom is -0.398 e. The van der Waals surface area contributed by atoms with Crippen molar-refractivity contribution in [3.05, 3.63) is 42.0 Å². The molecule has 5 nitrogen and oxygen atoms in total. The molecule has 0 saturated heterocycles. The summed E-state index contributed by atoms with van der Waals surface area (Å²) in [5.74, 6) is -0.243. The summed E-state index contributed by atoms with van der Waals surface area (Å²) in [6.45, 7) is 0.262. The van der Waals surface area contributed by atoms with Crippen molar-refractivity contribution in [2.24, 2.45) is 0 Å². The summed E-state index contributed by atoms with van der Waals surface area (Å²) < 4.78 is 10.0. The normalized spacial score (nSPS) is 10.9. The number of amides is 1. The van der Waals surface area contributed by atoms with Gasteiger partial charge in [0.05, 0.1) is 12.1 Å². The monoisotopic (exact) mass is 274 g/mol. The van der Waals surface area contributed by atoms with E-state index in [4.69, 9.17) is 15.2 Å². The molecule has 2 aromatic rings. The predicted octanol–water partition coefficient (Wildman–Crippen LogP) is 1.77. The van der Waals surface area contributed by atoms with Crippen LogP contribution in [0.3, 0.4) is 0 Å². The van der Waals surface area contributed by atoms with Gasteiger partial charge >= 0.3 is 0 Å². The molecule has 0 heterocycles. The van der Waals surface area contributed by atoms with Gasteiger partial charge in [-0.15, -0.1) is 0 Å². The zero-order valence-corrected chi connectivity index (χ0v) is 11.6. The van der Waals surface area contributed by atoms with E-state index >= 15 is 0 Å². The van der Waals surface area contributed by atoms with E-state index in [1.165, 1.54) is 14.2 Å². The van der Waals surface area contributed by atoms with Crippen LogP contribution in [-0.4, -0.2) is 33.0 Å². The van der Waals surface area contributed by atoms with Gasteiger partial charge in [-0.2, -0.15) is 0 Å². The first-order valence-corrected chi connectivity index (χ1v) is 6.27. The van der Waals surface area contributed by atoms with Crippen LogP contribution in [-0.2, 0) is 9.47 Å². The Labute approximate surface area is 117 Å². The molecule has 0 saturated carbocycles. The fourth-order valence-corrected chi connectivity index (χ4v) is 1.99. The maximum atomic E-state index is 12.1. The fourth-order valence-electron chi connectivity index (χ4n) is 1.99. The van der Waals surface area contributed by atoms with E-state index in [2.05, 4.69) is 5.32 Å². The number of anilines is 1. The standard InChI is InChI=1S/C15H18N2O3/c1-19-14(20-2)9-17-15(18)12-7-10-5-3-4-6-11(10)8-13(12)16/h3-8,14H,9,16H2,1-2H3,(H,17,18). The molecule has 3 N–H and O–H groups in total. The highest BCUT2D eigenvalue weighted by Gasteiger charge is 2.13. The number of hydrogen-bond donors (Lipinski definition) is 2. The molecule has 2 rings (SSSR count). The van der Waals surface area contributed by atoms with E-state index in [-0.39, 0.29) is 12.5 Å². The van der Waals surface area contributed by atoms with Gasteiger partial charge in [0.25, 0.3) is 5.91 Å². The van der Waals surface area contributed by atoms with Crippen LogP contribution in [0.25, 0.3) is 10.8 Å². The Kier molecular flexibility index (Phi) is 4.55. The lowest BCUT2D eigenvalue weighted by Gasteiger charge is -2.15. The van der Waals surface area contributed by atoms with Crippen molar-refractivity contribution < 1.29 is 14.3 Å². The highest BCUT2D eigenvalue weighted by atomic mass is 16.7. The third-order valence-electron chi connectivity index (χ3n) is 3.12. The van der Waals surface area contributed by atoms with Crippen molar-refractivity contribution in [3.63, 3.8) is 0 Å². The molecule has 0 unspecified atom stereocenters. The Morgan fingerprint density at radius 3 is 2.40 bits per heavy atom. The zero-order valence-electron chi connectivity index (χ0n) is 11.6. The molecule has 0 spiro atoms. The second-order valence-corrected chi connectivity index (χ2v) is 4.40. The molecule has 0 radical (unpaired) electrons. The Hall–Kier alpha value is -2.11. The number of carbonyl (C=O) groups excluding carboxylic acids is 1. The van der Waals surface area contributed by atoms with Crippen molar-refractivity contribution >= 4 is 22.4 Å².